The monoisotopic (exact) mass is 397 g/mol. The smallest absolute Gasteiger partial charge is 0.259 e. The SMILES string of the molecule is Cc1ccc(S(=O)(=O)NC2CCCCC2)cc1-c1nc2ccccc2c(=O)[nH]1. The van der Waals surface area contributed by atoms with Crippen LogP contribution in [0.3, 0.4) is 0 Å². The molecule has 0 amide bonds. The third kappa shape index (κ3) is 3.72. The molecule has 3 aromatic rings. The van der Waals surface area contributed by atoms with Gasteiger partial charge in [0, 0.05) is 11.6 Å². The molecular weight excluding hydrogens is 374 g/mol. The van der Waals surface area contributed by atoms with E-state index in [1.807, 2.05) is 13.0 Å². The molecule has 146 valence electrons. The highest BCUT2D eigenvalue weighted by Crippen LogP contribution is 2.25. The number of fused-ring (bicyclic) bond motifs is 1. The summed E-state index contributed by atoms with van der Waals surface area (Å²) in [6.07, 6.45) is 5.01. The van der Waals surface area contributed by atoms with E-state index in [0.29, 0.717) is 22.3 Å². The van der Waals surface area contributed by atoms with Gasteiger partial charge in [0.1, 0.15) is 5.82 Å². The summed E-state index contributed by atoms with van der Waals surface area (Å²) < 4.78 is 28.6. The molecule has 0 bridgehead atoms. The Labute approximate surface area is 164 Å². The van der Waals surface area contributed by atoms with E-state index in [2.05, 4.69) is 14.7 Å². The van der Waals surface area contributed by atoms with E-state index in [9.17, 15) is 13.2 Å². The highest BCUT2D eigenvalue weighted by molar-refractivity contribution is 7.89. The Kier molecular flexibility index (Phi) is 5.03. The average Bonchev–Trinajstić information content (AvgIpc) is 2.68. The number of rotatable bonds is 4. The van der Waals surface area contributed by atoms with Gasteiger partial charge in [-0.2, -0.15) is 0 Å². The molecule has 1 aliphatic rings. The summed E-state index contributed by atoms with van der Waals surface area (Å²) in [6.45, 7) is 1.87. The third-order valence-corrected chi connectivity index (χ3v) is 6.83. The second-order valence-corrected chi connectivity index (χ2v) is 9.08. The first-order valence-corrected chi connectivity index (χ1v) is 11.0. The number of nitrogens with one attached hydrogen (secondary N) is 2. The quantitative estimate of drug-likeness (QED) is 0.705. The van der Waals surface area contributed by atoms with Crippen LogP contribution in [-0.4, -0.2) is 24.4 Å². The first-order valence-electron chi connectivity index (χ1n) is 9.56. The van der Waals surface area contributed by atoms with Gasteiger partial charge in [-0.15, -0.1) is 0 Å². The van der Waals surface area contributed by atoms with Crippen molar-refractivity contribution in [2.45, 2.75) is 50.0 Å². The molecule has 1 saturated carbocycles. The maximum absolute atomic E-state index is 12.9. The Hall–Kier alpha value is -2.51. The molecule has 1 aliphatic carbocycles. The van der Waals surface area contributed by atoms with Gasteiger partial charge in [0.15, 0.2) is 0 Å². The normalized spacial score (nSPS) is 15.8. The zero-order valence-electron chi connectivity index (χ0n) is 15.7. The molecule has 2 N–H and O–H groups in total. The number of benzene rings is 2. The number of aromatic amines is 1. The van der Waals surface area contributed by atoms with Gasteiger partial charge in [0.05, 0.1) is 15.8 Å². The molecule has 0 atom stereocenters. The second-order valence-electron chi connectivity index (χ2n) is 7.36. The van der Waals surface area contributed by atoms with Gasteiger partial charge < -0.3 is 4.98 Å². The fourth-order valence-corrected chi connectivity index (χ4v) is 5.08. The summed E-state index contributed by atoms with van der Waals surface area (Å²) in [5, 5.41) is 0.506. The Morgan fingerprint density at radius 1 is 1.07 bits per heavy atom. The van der Waals surface area contributed by atoms with Crippen LogP contribution in [0.15, 0.2) is 52.2 Å². The highest BCUT2D eigenvalue weighted by atomic mass is 32.2. The largest absolute Gasteiger partial charge is 0.306 e. The van der Waals surface area contributed by atoms with Crippen molar-refractivity contribution in [3.63, 3.8) is 0 Å². The topological polar surface area (TPSA) is 91.9 Å². The van der Waals surface area contributed by atoms with Gasteiger partial charge in [0.25, 0.3) is 5.56 Å². The number of aromatic nitrogens is 2. The zero-order valence-corrected chi connectivity index (χ0v) is 16.6. The second kappa shape index (κ2) is 7.48. The number of sulfonamides is 1. The molecule has 4 rings (SSSR count). The molecule has 1 aromatic heterocycles. The van der Waals surface area contributed by atoms with Crippen LogP contribution in [0, 0.1) is 6.92 Å². The predicted octanol–water partition coefficient (Wildman–Crippen LogP) is 3.51. The van der Waals surface area contributed by atoms with Crippen LogP contribution >= 0.6 is 0 Å². The first-order chi connectivity index (χ1) is 13.4. The van der Waals surface area contributed by atoms with Crippen molar-refractivity contribution in [1.29, 1.82) is 0 Å². The van der Waals surface area contributed by atoms with E-state index in [1.54, 1.807) is 36.4 Å². The van der Waals surface area contributed by atoms with E-state index in [1.165, 1.54) is 0 Å². The van der Waals surface area contributed by atoms with Crippen molar-refractivity contribution < 1.29 is 8.42 Å². The zero-order chi connectivity index (χ0) is 19.7. The number of H-pyrrole nitrogens is 1. The number of para-hydroxylation sites is 1. The van der Waals surface area contributed by atoms with Crippen LogP contribution in [-0.2, 0) is 10.0 Å². The lowest BCUT2D eigenvalue weighted by atomic mass is 9.96. The van der Waals surface area contributed by atoms with E-state index >= 15 is 0 Å². The summed E-state index contributed by atoms with van der Waals surface area (Å²) >= 11 is 0. The minimum atomic E-state index is -3.63. The standard InChI is InChI=1S/C21H23N3O3S/c1-14-11-12-16(28(26,27)24-15-7-3-2-4-8-15)13-18(14)20-22-19-10-6-5-9-17(19)21(25)23-20/h5-6,9-13,15,24H,2-4,7-8H2,1H3,(H,22,23,25). The molecule has 2 aromatic carbocycles. The van der Waals surface area contributed by atoms with Gasteiger partial charge in [-0.25, -0.2) is 18.1 Å². The molecule has 0 aliphatic heterocycles. The summed E-state index contributed by atoms with van der Waals surface area (Å²) in [6, 6.07) is 12.0. The van der Waals surface area contributed by atoms with Crippen molar-refractivity contribution in [2.24, 2.45) is 0 Å². The molecule has 0 radical (unpaired) electrons. The van der Waals surface area contributed by atoms with Crippen molar-refractivity contribution in [1.82, 2.24) is 14.7 Å². The fourth-order valence-electron chi connectivity index (χ4n) is 3.75. The van der Waals surface area contributed by atoms with Crippen LogP contribution in [0.2, 0.25) is 0 Å². The Morgan fingerprint density at radius 3 is 2.61 bits per heavy atom. The first kappa shape index (κ1) is 18.8. The summed E-state index contributed by atoms with van der Waals surface area (Å²) in [4.78, 5) is 19.9. The van der Waals surface area contributed by atoms with Crippen molar-refractivity contribution in [3.05, 3.63) is 58.4 Å². The Bertz CT molecular complexity index is 1180. The van der Waals surface area contributed by atoms with Crippen LogP contribution in [0.5, 0.6) is 0 Å². The lowest BCUT2D eigenvalue weighted by Gasteiger charge is -2.22. The highest BCUT2D eigenvalue weighted by Gasteiger charge is 2.23. The molecule has 1 fully saturated rings. The van der Waals surface area contributed by atoms with Crippen molar-refractivity contribution >= 4 is 20.9 Å². The van der Waals surface area contributed by atoms with Crippen LogP contribution in [0.25, 0.3) is 22.3 Å². The Morgan fingerprint density at radius 2 is 1.82 bits per heavy atom. The van der Waals surface area contributed by atoms with E-state index in [0.717, 1.165) is 37.7 Å². The van der Waals surface area contributed by atoms with Crippen molar-refractivity contribution in [3.8, 4) is 11.4 Å². The minimum absolute atomic E-state index is 0.0119. The summed E-state index contributed by atoms with van der Waals surface area (Å²) in [5.41, 5.74) is 1.78. The van der Waals surface area contributed by atoms with E-state index in [-0.39, 0.29) is 16.5 Å². The van der Waals surface area contributed by atoms with Gasteiger partial charge in [-0.05, 0) is 49.6 Å². The number of hydrogen-bond acceptors (Lipinski definition) is 4. The summed E-state index contributed by atoms with van der Waals surface area (Å²) in [7, 11) is -3.63. The van der Waals surface area contributed by atoms with E-state index in [4.69, 9.17) is 0 Å². The molecule has 0 saturated heterocycles. The lowest BCUT2D eigenvalue weighted by Crippen LogP contribution is -2.36. The third-order valence-electron chi connectivity index (χ3n) is 5.31. The van der Waals surface area contributed by atoms with Gasteiger partial charge in [0.2, 0.25) is 10.0 Å². The van der Waals surface area contributed by atoms with Crippen LogP contribution < -0.4 is 10.3 Å². The lowest BCUT2D eigenvalue weighted by molar-refractivity contribution is 0.412. The number of hydrogen-bond donors (Lipinski definition) is 2. The predicted molar refractivity (Wildman–Crippen MR) is 110 cm³/mol. The van der Waals surface area contributed by atoms with Crippen LogP contribution in [0.1, 0.15) is 37.7 Å². The molecule has 7 heteroatoms. The van der Waals surface area contributed by atoms with E-state index < -0.39 is 10.0 Å². The minimum Gasteiger partial charge on any atom is -0.306 e. The fraction of sp³-hybridized carbons (Fsp3) is 0.333. The number of nitrogens with zero attached hydrogens (tertiary/aromatic N) is 1. The molecule has 28 heavy (non-hydrogen) atoms. The average molecular weight is 398 g/mol. The van der Waals surface area contributed by atoms with Gasteiger partial charge >= 0.3 is 0 Å². The van der Waals surface area contributed by atoms with Crippen molar-refractivity contribution in [2.75, 3.05) is 0 Å². The van der Waals surface area contributed by atoms with Gasteiger partial charge in [-0.1, -0.05) is 37.5 Å². The molecule has 0 spiro atoms. The van der Waals surface area contributed by atoms with Gasteiger partial charge in [-0.3, -0.25) is 4.79 Å². The maximum atomic E-state index is 12.9. The number of aryl methyl sites for hydroxylation is 1. The maximum Gasteiger partial charge on any atom is 0.259 e. The molecule has 0 unspecified atom stereocenters. The molecule has 1 heterocycles. The molecular formula is C21H23N3O3S. The summed E-state index contributed by atoms with van der Waals surface area (Å²) in [5.74, 6) is 0.371. The molecule has 6 nitrogen and oxygen atoms in total. The Balaban J connectivity index is 1.74. The van der Waals surface area contributed by atoms with Crippen LogP contribution in [0.4, 0.5) is 0 Å².